The summed E-state index contributed by atoms with van der Waals surface area (Å²) < 4.78 is 1.45. The van der Waals surface area contributed by atoms with Gasteiger partial charge in [-0.1, -0.05) is 35.9 Å². The van der Waals surface area contributed by atoms with E-state index in [0.717, 1.165) is 5.56 Å². The lowest BCUT2D eigenvalue weighted by Crippen LogP contribution is -2.17. The molecule has 0 radical (unpaired) electrons. The number of rotatable bonds is 3. The third kappa shape index (κ3) is 3.30. The van der Waals surface area contributed by atoms with E-state index in [-0.39, 0.29) is 17.2 Å². The first-order valence-corrected chi connectivity index (χ1v) is 9.08. The van der Waals surface area contributed by atoms with Crippen molar-refractivity contribution in [2.75, 3.05) is 5.32 Å². The highest BCUT2D eigenvalue weighted by Gasteiger charge is 2.17. The van der Waals surface area contributed by atoms with Gasteiger partial charge >= 0.3 is 0 Å². The fraction of sp³-hybridized carbons (Fsp3) is 0.0870. The van der Waals surface area contributed by atoms with Crippen LogP contribution in [0.4, 0.5) is 5.69 Å². The van der Waals surface area contributed by atoms with Crippen molar-refractivity contribution < 1.29 is 4.79 Å². The predicted molar refractivity (Wildman–Crippen MR) is 113 cm³/mol. The molecule has 0 saturated heterocycles. The molecular weight excluding hydrogens is 364 g/mol. The van der Waals surface area contributed by atoms with Crippen molar-refractivity contribution in [3.63, 3.8) is 0 Å². The van der Waals surface area contributed by atoms with E-state index < -0.39 is 0 Å². The Bertz CT molecular complexity index is 1340. The number of aryl methyl sites for hydroxylation is 2. The van der Waals surface area contributed by atoms with Crippen LogP contribution in [0.3, 0.4) is 0 Å². The number of amides is 1. The summed E-state index contributed by atoms with van der Waals surface area (Å²) in [4.78, 5) is 28.3. The number of H-pyrrole nitrogens is 1. The van der Waals surface area contributed by atoms with E-state index in [1.54, 1.807) is 31.4 Å². The normalized spacial score (nSPS) is 10.7. The van der Waals surface area contributed by atoms with Crippen molar-refractivity contribution in [2.45, 2.75) is 6.92 Å². The summed E-state index contributed by atoms with van der Waals surface area (Å²) in [5.41, 5.74) is 4.04. The van der Waals surface area contributed by atoms with Crippen LogP contribution in [-0.4, -0.2) is 15.5 Å². The first kappa shape index (κ1) is 18.3. The van der Waals surface area contributed by atoms with Gasteiger partial charge in [-0.2, -0.15) is 5.26 Å². The van der Waals surface area contributed by atoms with Crippen molar-refractivity contribution in [1.82, 2.24) is 9.55 Å². The smallest absolute Gasteiger partial charge is 0.274 e. The number of aromatic nitrogens is 2. The second-order valence-electron chi connectivity index (χ2n) is 6.91. The van der Waals surface area contributed by atoms with Gasteiger partial charge < -0.3 is 14.9 Å². The third-order valence-electron chi connectivity index (χ3n) is 4.86. The van der Waals surface area contributed by atoms with Crippen molar-refractivity contribution >= 4 is 22.5 Å². The number of fused-ring (bicyclic) bond motifs is 1. The molecule has 29 heavy (non-hydrogen) atoms. The molecule has 0 saturated carbocycles. The van der Waals surface area contributed by atoms with Gasteiger partial charge in [-0.25, -0.2) is 0 Å². The zero-order chi connectivity index (χ0) is 20.5. The van der Waals surface area contributed by atoms with Crippen molar-refractivity contribution in [1.29, 1.82) is 5.26 Å². The van der Waals surface area contributed by atoms with Crippen LogP contribution in [0.15, 0.2) is 65.6 Å². The fourth-order valence-corrected chi connectivity index (χ4v) is 3.32. The van der Waals surface area contributed by atoms with Crippen LogP contribution in [-0.2, 0) is 7.05 Å². The Morgan fingerprint density at radius 2 is 1.83 bits per heavy atom. The average Bonchev–Trinajstić information content (AvgIpc) is 3.18. The summed E-state index contributed by atoms with van der Waals surface area (Å²) in [6, 6.07) is 18.5. The van der Waals surface area contributed by atoms with Crippen molar-refractivity contribution in [3.05, 3.63) is 88.0 Å². The van der Waals surface area contributed by atoms with Gasteiger partial charge in [0.25, 0.3) is 11.5 Å². The molecule has 4 aromatic rings. The monoisotopic (exact) mass is 382 g/mol. The number of carbonyl (C=O) groups is 1. The van der Waals surface area contributed by atoms with Crippen LogP contribution in [0, 0.1) is 18.3 Å². The number of hydrogen-bond acceptors (Lipinski definition) is 3. The summed E-state index contributed by atoms with van der Waals surface area (Å²) >= 11 is 0. The molecule has 142 valence electrons. The van der Waals surface area contributed by atoms with Crippen LogP contribution in [0.25, 0.3) is 22.0 Å². The number of hydrogen-bond donors (Lipinski definition) is 2. The van der Waals surface area contributed by atoms with Gasteiger partial charge in [0.05, 0.1) is 11.6 Å². The number of benzene rings is 2. The number of nitriles is 1. The Morgan fingerprint density at radius 1 is 1.10 bits per heavy atom. The van der Waals surface area contributed by atoms with Gasteiger partial charge in [-0.05, 0) is 31.2 Å². The Morgan fingerprint density at radius 3 is 2.55 bits per heavy atom. The molecule has 1 amide bonds. The van der Waals surface area contributed by atoms with E-state index in [2.05, 4.69) is 16.4 Å². The van der Waals surface area contributed by atoms with Gasteiger partial charge in [0.15, 0.2) is 0 Å². The minimum absolute atomic E-state index is 0.243. The van der Waals surface area contributed by atoms with Crippen molar-refractivity contribution in [2.24, 2.45) is 7.05 Å². The number of pyridine rings is 1. The SMILES string of the molecule is Cc1ccc(NC(=O)c2cc3c(-c4ccccc4C#N)cn(C)c(=O)c3[nH]2)cc1. The van der Waals surface area contributed by atoms with E-state index in [1.807, 2.05) is 43.3 Å². The molecule has 2 heterocycles. The zero-order valence-corrected chi connectivity index (χ0v) is 16.0. The Labute approximate surface area is 167 Å². The second kappa shape index (κ2) is 7.13. The van der Waals surface area contributed by atoms with Gasteiger partial charge in [0, 0.05) is 35.4 Å². The van der Waals surface area contributed by atoms with E-state index in [9.17, 15) is 14.9 Å². The molecule has 0 aliphatic carbocycles. The first-order chi connectivity index (χ1) is 14.0. The molecule has 0 bridgehead atoms. The van der Waals surface area contributed by atoms with Crippen LogP contribution in [0.2, 0.25) is 0 Å². The van der Waals surface area contributed by atoms with Gasteiger partial charge in [0.1, 0.15) is 11.2 Å². The third-order valence-corrected chi connectivity index (χ3v) is 4.86. The Kier molecular flexibility index (Phi) is 4.49. The first-order valence-electron chi connectivity index (χ1n) is 9.08. The Balaban J connectivity index is 1.84. The van der Waals surface area contributed by atoms with Crippen LogP contribution < -0.4 is 10.9 Å². The molecule has 2 aromatic carbocycles. The molecular formula is C23H18N4O2. The Hall–Kier alpha value is -4.11. The standard InChI is InChI=1S/C23H18N4O2/c1-14-7-9-16(10-8-14)25-22(28)20-11-18-19(13-27(2)23(29)21(18)26-20)17-6-4-3-5-15(17)12-24/h3-11,13,26H,1-2H3,(H,25,28). The van der Waals surface area contributed by atoms with Crippen molar-refractivity contribution in [3.8, 4) is 17.2 Å². The number of nitrogens with one attached hydrogen (secondary N) is 2. The molecule has 0 aliphatic heterocycles. The summed E-state index contributed by atoms with van der Waals surface area (Å²) in [6.07, 6.45) is 1.69. The maximum absolute atomic E-state index is 12.7. The highest BCUT2D eigenvalue weighted by Crippen LogP contribution is 2.30. The number of aromatic amines is 1. The number of nitrogens with zero attached hydrogens (tertiary/aromatic N) is 2. The van der Waals surface area contributed by atoms with Crippen LogP contribution >= 0.6 is 0 Å². The van der Waals surface area contributed by atoms with Crippen LogP contribution in [0.5, 0.6) is 0 Å². The average molecular weight is 382 g/mol. The maximum Gasteiger partial charge on any atom is 0.274 e. The summed E-state index contributed by atoms with van der Waals surface area (Å²) in [5, 5.41) is 12.9. The fourth-order valence-electron chi connectivity index (χ4n) is 3.32. The minimum Gasteiger partial charge on any atom is -0.346 e. The molecule has 0 fully saturated rings. The molecule has 6 nitrogen and oxygen atoms in total. The molecule has 0 spiro atoms. The quantitative estimate of drug-likeness (QED) is 0.562. The van der Waals surface area contributed by atoms with E-state index in [4.69, 9.17) is 0 Å². The van der Waals surface area contributed by atoms with Crippen LogP contribution in [0.1, 0.15) is 21.6 Å². The molecule has 2 aromatic heterocycles. The minimum atomic E-state index is -0.341. The van der Waals surface area contributed by atoms with Gasteiger partial charge in [0.2, 0.25) is 0 Å². The molecule has 2 N–H and O–H groups in total. The topological polar surface area (TPSA) is 90.7 Å². The lowest BCUT2D eigenvalue weighted by atomic mass is 9.99. The zero-order valence-electron chi connectivity index (χ0n) is 16.0. The maximum atomic E-state index is 12.7. The van der Waals surface area contributed by atoms with E-state index in [1.165, 1.54) is 4.57 Å². The lowest BCUT2D eigenvalue weighted by molar-refractivity contribution is 0.102. The predicted octanol–water partition coefficient (Wildman–Crippen LogP) is 3.97. The highest BCUT2D eigenvalue weighted by atomic mass is 16.2. The summed E-state index contributed by atoms with van der Waals surface area (Å²) in [5.74, 6) is -0.341. The molecule has 0 aliphatic rings. The number of carbonyl (C=O) groups excluding carboxylic acids is 1. The molecule has 4 rings (SSSR count). The second-order valence-corrected chi connectivity index (χ2v) is 6.91. The van der Waals surface area contributed by atoms with E-state index in [0.29, 0.717) is 33.3 Å². The summed E-state index contributed by atoms with van der Waals surface area (Å²) in [7, 11) is 1.65. The van der Waals surface area contributed by atoms with E-state index >= 15 is 0 Å². The van der Waals surface area contributed by atoms with Gasteiger partial charge in [-0.15, -0.1) is 0 Å². The van der Waals surface area contributed by atoms with Gasteiger partial charge in [-0.3, -0.25) is 9.59 Å². The summed E-state index contributed by atoms with van der Waals surface area (Å²) in [6.45, 7) is 1.97. The number of anilines is 1. The lowest BCUT2D eigenvalue weighted by Gasteiger charge is -2.08. The molecule has 0 atom stereocenters. The highest BCUT2D eigenvalue weighted by molar-refractivity contribution is 6.08. The molecule has 0 unspecified atom stereocenters. The molecule has 6 heteroatoms. The largest absolute Gasteiger partial charge is 0.346 e.